The molecule has 0 fully saturated rings. The van der Waals surface area contributed by atoms with E-state index in [1.807, 2.05) is 12.1 Å². The highest BCUT2D eigenvalue weighted by Gasteiger charge is 2.31. The molecule has 1 aliphatic heterocycles. The van der Waals surface area contributed by atoms with Gasteiger partial charge in [0.15, 0.2) is 6.20 Å². The van der Waals surface area contributed by atoms with Gasteiger partial charge in [0, 0.05) is 26.6 Å². The number of halogens is 1. The number of pyridine rings is 1. The van der Waals surface area contributed by atoms with Gasteiger partial charge < -0.3 is 0 Å². The van der Waals surface area contributed by atoms with Gasteiger partial charge in [-0.2, -0.15) is 0 Å². The van der Waals surface area contributed by atoms with Crippen LogP contribution in [0.5, 0.6) is 0 Å². The number of aryl methyl sites for hydroxylation is 3. The average molecular weight is 397 g/mol. The molecule has 29 heavy (non-hydrogen) atoms. The molecule has 0 amide bonds. The lowest BCUT2D eigenvalue weighted by molar-refractivity contribution is -0.659. The largest absolute Gasteiger partial charge is 0.222 e. The van der Waals surface area contributed by atoms with E-state index in [4.69, 9.17) is 0 Å². The maximum absolute atomic E-state index is 14.7. The lowest BCUT2D eigenvalue weighted by atomic mass is 9.90. The molecule has 0 radical (unpaired) electrons. The van der Waals surface area contributed by atoms with E-state index < -0.39 is 0 Å². The molecule has 0 aliphatic carbocycles. The molecule has 0 spiro atoms. The number of fused-ring (bicyclic) bond motifs is 5. The average Bonchev–Trinajstić information content (AvgIpc) is 2.74. The highest BCUT2D eigenvalue weighted by Crippen LogP contribution is 2.52. The molecule has 1 aliphatic rings. The number of aromatic nitrogens is 1. The Morgan fingerprint density at radius 3 is 2.31 bits per heavy atom. The molecule has 6 rings (SSSR count). The first-order chi connectivity index (χ1) is 14.1. The standard InChI is InChI=1S/C26H19FNS/c1-14-16-7-4-5-8-17(16)15(2)26-23(14)25-24-19(11-12-28(25)3)18-9-6-10-21(27)20(18)13-22(24)29-26/h4-13H,1-3H3/q+1. The van der Waals surface area contributed by atoms with Crippen molar-refractivity contribution in [2.45, 2.75) is 23.6 Å². The molecule has 4 aromatic carbocycles. The van der Waals surface area contributed by atoms with Crippen molar-refractivity contribution in [1.29, 1.82) is 0 Å². The lowest BCUT2D eigenvalue weighted by Crippen LogP contribution is -2.32. The van der Waals surface area contributed by atoms with Gasteiger partial charge in [0.25, 0.3) is 0 Å². The van der Waals surface area contributed by atoms with Crippen molar-refractivity contribution in [2.24, 2.45) is 7.05 Å². The molecule has 0 unspecified atom stereocenters. The van der Waals surface area contributed by atoms with Gasteiger partial charge in [-0.05, 0) is 53.3 Å². The van der Waals surface area contributed by atoms with E-state index in [2.05, 4.69) is 62.0 Å². The summed E-state index contributed by atoms with van der Waals surface area (Å²) in [7, 11) is 2.11. The van der Waals surface area contributed by atoms with Gasteiger partial charge in [0.05, 0.1) is 10.9 Å². The predicted octanol–water partition coefficient (Wildman–Crippen LogP) is 6.86. The van der Waals surface area contributed by atoms with Crippen LogP contribution in [0.4, 0.5) is 4.39 Å². The van der Waals surface area contributed by atoms with Crippen LogP contribution in [0.1, 0.15) is 11.1 Å². The summed E-state index contributed by atoms with van der Waals surface area (Å²) in [4.78, 5) is 2.42. The van der Waals surface area contributed by atoms with Crippen LogP contribution in [-0.4, -0.2) is 0 Å². The van der Waals surface area contributed by atoms with Gasteiger partial charge in [-0.3, -0.25) is 0 Å². The minimum atomic E-state index is -0.159. The van der Waals surface area contributed by atoms with E-state index in [9.17, 15) is 4.39 Å². The van der Waals surface area contributed by atoms with Crippen molar-refractivity contribution >= 4 is 44.1 Å². The van der Waals surface area contributed by atoms with E-state index >= 15 is 0 Å². The highest BCUT2D eigenvalue weighted by molar-refractivity contribution is 8.00. The molecular formula is C26H19FNS+. The fourth-order valence-corrected chi connectivity index (χ4v) is 6.22. The Balaban J connectivity index is 1.88. The van der Waals surface area contributed by atoms with Gasteiger partial charge >= 0.3 is 0 Å². The number of rotatable bonds is 0. The zero-order chi connectivity index (χ0) is 19.9. The third-order valence-electron chi connectivity index (χ3n) is 6.32. The summed E-state index contributed by atoms with van der Waals surface area (Å²) in [6.07, 6.45) is 2.11. The maximum atomic E-state index is 14.7. The lowest BCUT2D eigenvalue weighted by Gasteiger charge is -2.24. The predicted molar refractivity (Wildman–Crippen MR) is 119 cm³/mol. The molecule has 0 saturated heterocycles. The fourth-order valence-electron chi connectivity index (χ4n) is 4.90. The molecule has 0 atom stereocenters. The van der Waals surface area contributed by atoms with Crippen LogP contribution in [-0.2, 0) is 7.05 Å². The summed E-state index contributed by atoms with van der Waals surface area (Å²) in [5, 5.41) is 6.61. The second-order valence-electron chi connectivity index (χ2n) is 7.88. The normalized spacial score (nSPS) is 12.7. The maximum Gasteiger partial charge on any atom is 0.222 e. The van der Waals surface area contributed by atoms with E-state index in [0.29, 0.717) is 5.39 Å². The van der Waals surface area contributed by atoms with Gasteiger partial charge in [-0.25, -0.2) is 8.96 Å². The zero-order valence-corrected chi connectivity index (χ0v) is 17.3. The zero-order valence-electron chi connectivity index (χ0n) is 16.5. The van der Waals surface area contributed by atoms with Crippen LogP contribution in [0.2, 0.25) is 0 Å². The first-order valence-corrected chi connectivity index (χ1v) is 10.6. The Labute approximate surface area is 172 Å². The molecule has 140 valence electrons. The Hall–Kier alpha value is -2.91. The SMILES string of the molecule is Cc1c2c(c(C)c3ccccc13)-c1c3c(cc4c(F)cccc4c3cc[n+]1C)S2. The van der Waals surface area contributed by atoms with Crippen LogP contribution >= 0.6 is 11.8 Å². The summed E-state index contributed by atoms with van der Waals surface area (Å²) in [5.74, 6) is -0.159. The van der Waals surface area contributed by atoms with Gasteiger partial charge in [-0.15, -0.1) is 0 Å². The minimum absolute atomic E-state index is 0.159. The van der Waals surface area contributed by atoms with E-state index in [-0.39, 0.29) is 5.82 Å². The van der Waals surface area contributed by atoms with Crippen LogP contribution < -0.4 is 4.57 Å². The topological polar surface area (TPSA) is 3.88 Å². The Morgan fingerprint density at radius 2 is 1.52 bits per heavy atom. The minimum Gasteiger partial charge on any atom is -0.206 e. The Bertz CT molecular complexity index is 1520. The van der Waals surface area contributed by atoms with Crippen LogP contribution in [0.3, 0.4) is 0 Å². The van der Waals surface area contributed by atoms with Crippen molar-refractivity contribution in [3.8, 4) is 11.3 Å². The molecule has 5 aromatic rings. The number of hydrogen-bond donors (Lipinski definition) is 0. The van der Waals surface area contributed by atoms with Crippen molar-refractivity contribution in [2.75, 3.05) is 0 Å². The summed E-state index contributed by atoms with van der Waals surface area (Å²) in [6, 6.07) is 18.2. The van der Waals surface area contributed by atoms with Crippen LogP contribution in [0.25, 0.3) is 43.6 Å². The Morgan fingerprint density at radius 1 is 0.793 bits per heavy atom. The highest BCUT2D eigenvalue weighted by atomic mass is 32.2. The third kappa shape index (κ3) is 2.14. The molecule has 2 heterocycles. The summed E-state index contributed by atoms with van der Waals surface area (Å²) < 4.78 is 16.9. The van der Waals surface area contributed by atoms with Gasteiger partial charge in [-0.1, -0.05) is 48.2 Å². The van der Waals surface area contributed by atoms with Crippen LogP contribution in [0, 0.1) is 19.7 Å². The van der Waals surface area contributed by atoms with Crippen molar-refractivity contribution in [1.82, 2.24) is 0 Å². The van der Waals surface area contributed by atoms with Gasteiger partial charge in [0.1, 0.15) is 12.9 Å². The van der Waals surface area contributed by atoms with E-state index in [0.717, 1.165) is 15.7 Å². The van der Waals surface area contributed by atoms with Crippen molar-refractivity contribution < 1.29 is 8.96 Å². The molecule has 0 saturated carbocycles. The molecule has 1 aromatic heterocycles. The number of hydrogen-bond acceptors (Lipinski definition) is 1. The number of benzene rings is 4. The van der Waals surface area contributed by atoms with Crippen molar-refractivity contribution in [3.05, 3.63) is 77.7 Å². The van der Waals surface area contributed by atoms with Crippen molar-refractivity contribution in [3.63, 3.8) is 0 Å². The monoisotopic (exact) mass is 396 g/mol. The number of nitrogens with zero attached hydrogens (tertiary/aromatic N) is 1. The van der Waals surface area contributed by atoms with Crippen LogP contribution in [0.15, 0.2) is 70.6 Å². The smallest absolute Gasteiger partial charge is 0.206 e. The molecule has 0 N–H and O–H groups in total. The fraction of sp³-hybridized carbons (Fsp3) is 0.115. The summed E-state index contributed by atoms with van der Waals surface area (Å²) in [6.45, 7) is 4.44. The van der Waals surface area contributed by atoms with E-state index in [1.165, 1.54) is 43.4 Å². The summed E-state index contributed by atoms with van der Waals surface area (Å²) >= 11 is 1.78. The first kappa shape index (κ1) is 17.0. The molecule has 1 nitrogen and oxygen atoms in total. The molecule has 0 bridgehead atoms. The second kappa shape index (κ2) is 5.80. The van der Waals surface area contributed by atoms with Gasteiger partial charge in [0.2, 0.25) is 5.69 Å². The third-order valence-corrected chi connectivity index (χ3v) is 7.57. The summed E-state index contributed by atoms with van der Waals surface area (Å²) in [5.41, 5.74) is 5.13. The second-order valence-corrected chi connectivity index (χ2v) is 8.93. The first-order valence-electron chi connectivity index (χ1n) is 9.80. The Kier molecular flexibility index (Phi) is 3.40. The molecule has 3 heteroatoms. The quantitative estimate of drug-likeness (QED) is 0.200. The van der Waals surface area contributed by atoms with E-state index in [1.54, 1.807) is 23.9 Å². The molecular weight excluding hydrogens is 377 g/mol.